The molecule has 0 fully saturated rings. The van der Waals surface area contributed by atoms with Crippen LogP contribution in [-0.2, 0) is 5.41 Å². The van der Waals surface area contributed by atoms with E-state index in [-0.39, 0.29) is 5.41 Å². The van der Waals surface area contributed by atoms with E-state index in [1.165, 1.54) is 55.7 Å². The third-order valence-electron chi connectivity index (χ3n) is 8.16. The molecular weight excluding hydrogens is 446 g/mol. The Bertz CT molecular complexity index is 1460. The Labute approximate surface area is 222 Å². The first kappa shape index (κ1) is 24.8. The molecule has 0 amide bonds. The third-order valence-corrected chi connectivity index (χ3v) is 8.16. The second-order valence-electron chi connectivity index (χ2n) is 10.7. The molecule has 1 N–H and O–H groups in total. The fourth-order valence-electron chi connectivity index (χ4n) is 6.27. The zero-order valence-corrected chi connectivity index (χ0v) is 22.5. The first-order valence-electron chi connectivity index (χ1n) is 13.3. The van der Waals surface area contributed by atoms with Crippen molar-refractivity contribution in [1.82, 2.24) is 5.32 Å². The fourth-order valence-corrected chi connectivity index (χ4v) is 6.27. The molecule has 1 heteroatoms. The minimum absolute atomic E-state index is 0.0232. The molecule has 2 aliphatic rings. The van der Waals surface area contributed by atoms with Crippen molar-refractivity contribution in [3.8, 4) is 11.1 Å². The topological polar surface area (TPSA) is 12.0 Å². The molecule has 5 rings (SSSR count). The summed E-state index contributed by atoms with van der Waals surface area (Å²) in [4.78, 5) is 0. The van der Waals surface area contributed by atoms with Gasteiger partial charge in [0.1, 0.15) is 0 Å². The smallest absolute Gasteiger partial charge is 0.0213 e. The van der Waals surface area contributed by atoms with Crippen molar-refractivity contribution in [3.05, 3.63) is 143 Å². The average Bonchev–Trinajstić information content (AvgIpc) is 3.12. The van der Waals surface area contributed by atoms with Crippen molar-refractivity contribution in [1.29, 1.82) is 0 Å². The second-order valence-corrected chi connectivity index (χ2v) is 10.7. The molecule has 3 aromatic rings. The van der Waals surface area contributed by atoms with E-state index in [0.29, 0.717) is 5.92 Å². The monoisotopic (exact) mass is 483 g/mol. The summed E-state index contributed by atoms with van der Waals surface area (Å²) in [5.41, 5.74) is 13.6. The number of hydrogen-bond donors (Lipinski definition) is 1. The van der Waals surface area contributed by atoms with E-state index in [1.54, 1.807) is 0 Å². The Balaban J connectivity index is 1.62. The predicted molar refractivity (Wildman–Crippen MR) is 161 cm³/mol. The van der Waals surface area contributed by atoms with Crippen LogP contribution in [0.2, 0.25) is 0 Å². The molecule has 1 atom stereocenters. The summed E-state index contributed by atoms with van der Waals surface area (Å²) in [6.45, 7) is 14.3. The number of benzene rings is 3. The Morgan fingerprint density at radius 3 is 2.54 bits per heavy atom. The lowest BCUT2D eigenvalue weighted by atomic mass is 9.77. The van der Waals surface area contributed by atoms with Crippen LogP contribution in [0.3, 0.4) is 0 Å². The van der Waals surface area contributed by atoms with Gasteiger partial charge in [0.15, 0.2) is 0 Å². The first-order chi connectivity index (χ1) is 17.9. The van der Waals surface area contributed by atoms with Gasteiger partial charge in [-0.15, -0.1) is 0 Å². The Morgan fingerprint density at radius 2 is 1.70 bits per heavy atom. The van der Waals surface area contributed by atoms with Crippen LogP contribution in [0.4, 0.5) is 0 Å². The summed E-state index contributed by atoms with van der Waals surface area (Å²) in [7, 11) is 0. The molecule has 0 radical (unpaired) electrons. The van der Waals surface area contributed by atoms with Crippen LogP contribution in [0.1, 0.15) is 66.5 Å². The molecule has 1 heterocycles. The van der Waals surface area contributed by atoms with Gasteiger partial charge in [-0.1, -0.05) is 111 Å². The summed E-state index contributed by atoms with van der Waals surface area (Å²) in [6.07, 6.45) is 15.6. The maximum absolute atomic E-state index is 4.18. The lowest BCUT2D eigenvalue weighted by Crippen LogP contribution is -2.19. The van der Waals surface area contributed by atoms with Gasteiger partial charge in [-0.2, -0.15) is 0 Å². The van der Waals surface area contributed by atoms with Crippen molar-refractivity contribution in [2.24, 2.45) is 0 Å². The van der Waals surface area contributed by atoms with Crippen molar-refractivity contribution >= 4 is 11.6 Å². The van der Waals surface area contributed by atoms with Gasteiger partial charge in [-0.25, -0.2) is 0 Å². The normalized spacial score (nSPS) is 20.7. The molecule has 0 spiro atoms. The largest absolute Gasteiger partial charge is 0.390 e. The molecule has 0 saturated heterocycles. The summed E-state index contributed by atoms with van der Waals surface area (Å²) >= 11 is 0. The highest BCUT2D eigenvalue weighted by Crippen LogP contribution is 2.51. The van der Waals surface area contributed by atoms with Crippen LogP contribution in [0.15, 0.2) is 109 Å². The highest BCUT2D eigenvalue weighted by Gasteiger charge is 2.37. The van der Waals surface area contributed by atoms with E-state index in [4.69, 9.17) is 0 Å². The van der Waals surface area contributed by atoms with E-state index in [9.17, 15) is 0 Å². The van der Waals surface area contributed by atoms with E-state index >= 15 is 0 Å². The summed E-state index contributed by atoms with van der Waals surface area (Å²) in [6, 6.07) is 22.4. The maximum atomic E-state index is 4.18. The highest BCUT2D eigenvalue weighted by atomic mass is 14.8. The van der Waals surface area contributed by atoms with Crippen LogP contribution >= 0.6 is 0 Å². The number of rotatable bonds is 4. The van der Waals surface area contributed by atoms with Gasteiger partial charge in [0.2, 0.25) is 0 Å². The summed E-state index contributed by atoms with van der Waals surface area (Å²) in [5.74, 6) is 0.311. The van der Waals surface area contributed by atoms with Crippen LogP contribution in [0.25, 0.3) is 22.8 Å². The van der Waals surface area contributed by atoms with Crippen molar-refractivity contribution in [2.45, 2.75) is 45.4 Å². The molecule has 0 saturated carbocycles. The van der Waals surface area contributed by atoms with Crippen molar-refractivity contribution in [2.75, 3.05) is 6.54 Å². The van der Waals surface area contributed by atoms with Crippen LogP contribution in [0.5, 0.6) is 0 Å². The predicted octanol–water partition coefficient (Wildman–Crippen LogP) is 9.12. The van der Waals surface area contributed by atoms with Crippen molar-refractivity contribution in [3.63, 3.8) is 0 Å². The van der Waals surface area contributed by atoms with E-state index < -0.39 is 0 Å². The Morgan fingerprint density at radius 1 is 0.946 bits per heavy atom. The Kier molecular flexibility index (Phi) is 6.89. The van der Waals surface area contributed by atoms with Gasteiger partial charge >= 0.3 is 0 Å². The molecule has 1 aliphatic heterocycles. The molecule has 0 aromatic heterocycles. The average molecular weight is 484 g/mol. The van der Waals surface area contributed by atoms with Crippen LogP contribution in [0, 0.1) is 6.92 Å². The third kappa shape index (κ3) is 4.55. The van der Waals surface area contributed by atoms with E-state index in [0.717, 1.165) is 13.0 Å². The van der Waals surface area contributed by atoms with Crippen LogP contribution in [-0.4, -0.2) is 6.54 Å². The van der Waals surface area contributed by atoms with E-state index in [2.05, 4.69) is 137 Å². The number of allylic oxidation sites excluding steroid dienone is 7. The number of nitrogens with one attached hydrogen (secondary N) is 1. The fraction of sp³-hybridized carbons (Fsp3) is 0.222. The van der Waals surface area contributed by atoms with Gasteiger partial charge in [-0.3, -0.25) is 0 Å². The molecule has 3 aromatic carbocycles. The zero-order chi connectivity index (χ0) is 26.0. The summed E-state index contributed by atoms with van der Waals surface area (Å²) < 4.78 is 0. The van der Waals surface area contributed by atoms with Gasteiger partial charge in [0, 0.05) is 17.9 Å². The molecule has 1 nitrogen and oxygen atoms in total. The zero-order valence-electron chi connectivity index (χ0n) is 22.5. The molecule has 37 heavy (non-hydrogen) atoms. The SMILES string of the molecule is C=C/C(C)=C(\CC1CN/C=C/C=C\C=C/c2ccccc21)c1ccc2c(c1C)C(C)(C)c1ccccc1-2. The van der Waals surface area contributed by atoms with Gasteiger partial charge in [0.05, 0.1) is 0 Å². The molecule has 0 bridgehead atoms. The van der Waals surface area contributed by atoms with Gasteiger partial charge in [0.25, 0.3) is 0 Å². The highest BCUT2D eigenvalue weighted by molar-refractivity contribution is 5.86. The second kappa shape index (κ2) is 10.3. The van der Waals surface area contributed by atoms with Crippen molar-refractivity contribution < 1.29 is 0 Å². The van der Waals surface area contributed by atoms with E-state index in [1.807, 2.05) is 6.08 Å². The number of hydrogen-bond acceptors (Lipinski definition) is 1. The molecule has 186 valence electrons. The molecule has 1 aliphatic carbocycles. The van der Waals surface area contributed by atoms with Gasteiger partial charge < -0.3 is 5.32 Å². The maximum Gasteiger partial charge on any atom is 0.0213 e. The van der Waals surface area contributed by atoms with Crippen LogP contribution < -0.4 is 5.32 Å². The molecule has 1 unspecified atom stereocenters. The molecular formula is C36H37N. The minimum Gasteiger partial charge on any atom is -0.390 e. The minimum atomic E-state index is -0.0232. The quantitative estimate of drug-likeness (QED) is 0.365. The lowest BCUT2D eigenvalue weighted by Gasteiger charge is -2.27. The Hall–Kier alpha value is -3.84. The lowest BCUT2D eigenvalue weighted by molar-refractivity contribution is 0.651. The first-order valence-corrected chi connectivity index (χ1v) is 13.3. The van der Waals surface area contributed by atoms with Gasteiger partial charge in [-0.05, 0) is 88.2 Å². The number of fused-ring (bicyclic) bond motifs is 4. The standard InChI is InChI=1S/C36H37N/c1-6-25(2)33(23-28-24-37-22-14-8-7-9-15-27-16-10-11-17-30(27)28)29-20-21-32-31-18-12-13-19-34(31)36(4,5)35(32)26(29)3/h6-22,28,37H,1,23-24H2,2-5H3/b8-7-,15-9-,22-14+,33-25+. The summed E-state index contributed by atoms with van der Waals surface area (Å²) in [5, 5.41) is 3.56.